The van der Waals surface area contributed by atoms with Crippen molar-refractivity contribution in [2.75, 3.05) is 0 Å². The third kappa shape index (κ3) is 16.0. The second kappa shape index (κ2) is 14.1. The third-order valence-corrected chi connectivity index (χ3v) is 1.68. The molecule has 17 heavy (non-hydrogen) atoms. The van der Waals surface area contributed by atoms with Crippen LogP contribution in [-0.2, 0) is 9.59 Å². The van der Waals surface area contributed by atoms with Crippen LogP contribution in [0.2, 0.25) is 0 Å². The van der Waals surface area contributed by atoms with Crippen LogP contribution in [0.25, 0.3) is 0 Å². The summed E-state index contributed by atoms with van der Waals surface area (Å²) in [5, 5.41) is 19.8. The Morgan fingerprint density at radius 3 is 1.18 bits per heavy atom. The Kier molecular flexibility index (Phi) is 18.3. The molecule has 0 aromatic rings. The number of carboxylic acid groups (broad SMARTS) is 2. The minimum atomic E-state index is -1.13. The standard InChI is InChI=1S/2C6H10O2.Ba/c2*1-3-4-5(2)6(7)8;/h2*2-4H2,1H3,(H,7,8);/q;;+2/p-2. The van der Waals surface area contributed by atoms with Crippen LogP contribution < -0.4 is 10.2 Å². The maximum absolute atomic E-state index is 9.88. The van der Waals surface area contributed by atoms with Gasteiger partial charge in [-0.1, -0.05) is 39.8 Å². The fourth-order valence-electron chi connectivity index (χ4n) is 0.808. The second-order valence-electron chi connectivity index (χ2n) is 3.28. The molecule has 0 saturated heterocycles. The summed E-state index contributed by atoms with van der Waals surface area (Å²) in [5.41, 5.74) is 0.375. The number of rotatable bonds is 6. The smallest absolute Gasteiger partial charge is 0.545 e. The number of hydrogen-bond donors (Lipinski definition) is 0. The van der Waals surface area contributed by atoms with Crippen molar-refractivity contribution in [2.24, 2.45) is 0 Å². The molecule has 0 unspecified atom stereocenters. The normalized spacial score (nSPS) is 8.12. The number of aliphatic carboxylic acids is 2. The van der Waals surface area contributed by atoms with Crippen LogP contribution in [0.3, 0.4) is 0 Å². The zero-order chi connectivity index (χ0) is 13.1. The summed E-state index contributed by atoms with van der Waals surface area (Å²) < 4.78 is 0. The Morgan fingerprint density at radius 1 is 0.882 bits per heavy atom. The van der Waals surface area contributed by atoms with Gasteiger partial charge in [0.15, 0.2) is 0 Å². The van der Waals surface area contributed by atoms with E-state index in [2.05, 4.69) is 13.2 Å². The molecule has 0 rings (SSSR count). The van der Waals surface area contributed by atoms with Crippen molar-refractivity contribution < 1.29 is 19.8 Å². The van der Waals surface area contributed by atoms with E-state index < -0.39 is 11.9 Å². The molecule has 0 radical (unpaired) electrons. The summed E-state index contributed by atoms with van der Waals surface area (Å²) in [6, 6.07) is 0. The molecule has 0 atom stereocenters. The van der Waals surface area contributed by atoms with Crippen molar-refractivity contribution in [1.82, 2.24) is 0 Å². The first-order valence-electron chi connectivity index (χ1n) is 5.14. The van der Waals surface area contributed by atoms with E-state index in [0.717, 1.165) is 12.8 Å². The molecule has 5 heteroatoms. The van der Waals surface area contributed by atoms with E-state index in [0.29, 0.717) is 12.8 Å². The van der Waals surface area contributed by atoms with Crippen molar-refractivity contribution in [3.8, 4) is 0 Å². The molecule has 0 aliphatic rings. The van der Waals surface area contributed by atoms with Gasteiger partial charge in [0.2, 0.25) is 0 Å². The van der Waals surface area contributed by atoms with Crippen LogP contribution in [0.15, 0.2) is 24.3 Å². The first-order chi connectivity index (χ1) is 7.36. The Labute approximate surface area is 143 Å². The van der Waals surface area contributed by atoms with Crippen molar-refractivity contribution in [3.63, 3.8) is 0 Å². The minimum Gasteiger partial charge on any atom is -0.545 e. The van der Waals surface area contributed by atoms with Gasteiger partial charge in [0.25, 0.3) is 0 Å². The molecule has 0 aliphatic carbocycles. The molecule has 0 heterocycles. The van der Waals surface area contributed by atoms with Crippen molar-refractivity contribution >= 4 is 60.8 Å². The van der Waals surface area contributed by atoms with Crippen LogP contribution in [0, 0.1) is 0 Å². The molecular formula is C12H18BaO4. The molecule has 0 spiro atoms. The molecule has 0 aliphatic heterocycles. The monoisotopic (exact) mass is 364 g/mol. The molecule has 0 N–H and O–H groups in total. The van der Waals surface area contributed by atoms with Crippen LogP contribution >= 0.6 is 0 Å². The van der Waals surface area contributed by atoms with E-state index >= 15 is 0 Å². The van der Waals surface area contributed by atoms with Gasteiger partial charge in [-0.2, -0.15) is 0 Å². The quantitative estimate of drug-likeness (QED) is 0.484. The maximum Gasteiger partial charge on any atom is 2.00 e. The first-order valence-corrected chi connectivity index (χ1v) is 5.14. The second-order valence-corrected chi connectivity index (χ2v) is 3.28. The van der Waals surface area contributed by atoms with Gasteiger partial charge in [0.1, 0.15) is 0 Å². The van der Waals surface area contributed by atoms with E-state index in [1.165, 1.54) is 0 Å². The number of carbonyl (C=O) groups is 2. The predicted molar refractivity (Wildman–Crippen MR) is 63.9 cm³/mol. The Balaban J connectivity index is -0.000000218. The SMILES string of the molecule is C=C(CCC)C(=O)[O-].C=C(CCC)C(=O)[O-].[Ba+2]. The van der Waals surface area contributed by atoms with E-state index in [9.17, 15) is 19.8 Å². The largest absolute Gasteiger partial charge is 2.00 e. The Hall–Kier alpha value is -0.00857. The molecular weight excluding hydrogens is 345 g/mol. The molecule has 0 fully saturated rings. The summed E-state index contributed by atoms with van der Waals surface area (Å²) in [4.78, 5) is 19.8. The molecule has 0 aromatic heterocycles. The number of carboxylic acids is 2. The van der Waals surface area contributed by atoms with Gasteiger partial charge in [-0.3, -0.25) is 0 Å². The number of carbonyl (C=O) groups excluding carboxylic acids is 2. The zero-order valence-electron chi connectivity index (χ0n) is 10.6. The predicted octanol–water partition coefficient (Wildman–Crippen LogP) is -0.196. The summed E-state index contributed by atoms with van der Waals surface area (Å²) in [6.45, 7) is 10.4. The summed E-state index contributed by atoms with van der Waals surface area (Å²) in [5.74, 6) is -2.27. The average molecular weight is 364 g/mol. The summed E-state index contributed by atoms with van der Waals surface area (Å²) in [7, 11) is 0. The van der Waals surface area contributed by atoms with Crippen molar-refractivity contribution in [2.45, 2.75) is 39.5 Å². The van der Waals surface area contributed by atoms with E-state index in [1.807, 2.05) is 13.8 Å². The third-order valence-electron chi connectivity index (χ3n) is 1.68. The molecule has 0 aromatic carbocycles. The Bertz CT molecular complexity index is 244. The molecule has 0 saturated carbocycles. The van der Waals surface area contributed by atoms with Crippen LogP contribution in [0.4, 0.5) is 0 Å². The van der Waals surface area contributed by atoms with E-state index in [1.54, 1.807) is 0 Å². The topological polar surface area (TPSA) is 80.3 Å². The first kappa shape index (κ1) is 22.2. The molecule has 92 valence electrons. The maximum atomic E-state index is 9.88. The summed E-state index contributed by atoms with van der Waals surface area (Å²) >= 11 is 0. The molecule has 0 amide bonds. The van der Waals surface area contributed by atoms with Crippen LogP contribution in [0.1, 0.15) is 39.5 Å². The molecule has 0 bridgehead atoms. The summed E-state index contributed by atoms with van der Waals surface area (Å²) in [6.07, 6.45) is 2.68. The van der Waals surface area contributed by atoms with Gasteiger partial charge in [-0.05, 0) is 24.0 Å². The van der Waals surface area contributed by atoms with E-state index in [-0.39, 0.29) is 60.0 Å². The van der Waals surface area contributed by atoms with Gasteiger partial charge in [-0.15, -0.1) is 0 Å². The fraction of sp³-hybridized carbons (Fsp3) is 0.500. The van der Waals surface area contributed by atoms with Gasteiger partial charge in [0, 0.05) is 0 Å². The van der Waals surface area contributed by atoms with E-state index in [4.69, 9.17) is 0 Å². The van der Waals surface area contributed by atoms with Gasteiger partial charge < -0.3 is 19.8 Å². The molecule has 4 nitrogen and oxygen atoms in total. The van der Waals surface area contributed by atoms with Crippen LogP contribution in [-0.4, -0.2) is 60.8 Å². The van der Waals surface area contributed by atoms with Crippen molar-refractivity contribution in [3.05, 3.63) is 24.3 Å². The van der Waals surface area contributed by atoms with Gasteiger partial charge >= 0.3 is 48.9 Å². The van der Waals surface area contributed by atoms with Crippen molar-refractivity contribution in [1.29, 1.82) is 0 Å². The minimum absolute atomic E-state index is 0. The fourth-order valence-corrected chi connectivity index (χ4v) is 0.808. The van der Waals surface area contributed by atoms with Gasteiger partial charge in [0.05, 0.1) is 11.9 Å². The number of hydrogen-bond acceptors (Lipinski definition) is 4. The van der Waals surface area contributed by atoms with Gasteiger partial charge in [-0.25, -0.2) is 0 Å². The zero-order valence-corrected chi connectivity index (χ0v) is 15.0. The average Bonchev–Trinajstić information content (AvgIpc) is 2.19. The Morgan fingerprint density at radius 2 is 1.12 bits per heavy atom. The van der Waals surface area contributed by atoms with Crippen LogP contribution in [0.5, 0.6) is 0 Å².